The molecule has 7 heteroatoms. The summed E-state index contributed by atoms with van der Waals surface area (Å²) in [6.07, 6.45) is 0.825. The highest BCUT2D eigenvalue weighted by Crippen LogP contribution is 2.29. The number of nitrogens with two attached hydrogens (primary N) is 1. The first-order chi connectivity index (χ1) is 15.3. The molecule has 0 amide bonds. The molecule has 0 atom stereocenters. The molecular formula is C24H28N4O3. The van der Waals surface area contributed by atoms with Crippen molar-refractivity contribution in [2.75, 3.05) is 32.2 Å². The number of nitrogens with zero attached hydrogens (tertiary/aromatic N) is 3. The number of hydrogen-bond donors (Lipinski definition) is 1. The summed E-state index contributed by atoms with van der Waals surface area (Å²) in [4.78, 5) is 9.25. The van der Waals surface area contributed by atoms with Crippen LogP contribution in [0.3, 0.4) is 0 Å². The zero-order valence-corrected chi connectivity index (χ0v) is 17.8. The molecular weight excluding hydrogens is 392 g/mol. The van der Waals surface area contributed by atoms with E-state index in [2.05, 4.69) is 15.6 Å². The smallest absolute Gasteiger partial charge is 0.152 e. The van der Waals surface area contributed by atoms with Crippen molar-refractivity contribution in [3.05, 3.63) is 60.4 Å². The monoisotopic (exact) mass is 420 g/mol. The Labute approximate surface area is 181 Å². The zero-order valence-electron chi connectivity index (χ0n) is 17.8. The van der Waals surface area contributed by atoms with Gasteiger partial charge in [-0.05, 0) is 25.1 Å². The van der Waals surface area contributed by atoms with Gasteiger partial charge in [0.1, 0.15) is 23.7 Å². The second-order valence-electron chi connectivity index (χ2n) is 7.16. The molecule has 0 aliphatic carbocycles. The number of anilines is 1. The lowest BCUT2D eigenvalue weighted by molar-refractivity contribution is 0.106. The second-order valence-corrected chi connectivity index (χ2v) is 7.16. The SMILES string of the molecule is CCOCc1nc2c(N)nc3ccccc3c2n1CCOCCCOc1ccccc1. The van der Waals surface area contributed by atoms with E-state index in [1.54, 1.807) is 0 Å². The largest absolute Gasteiger partial charge is 0.494 e. The van der Waals surface area contributed by atoms with E-state index in [4.69, 9.17) is 24.9 Å². The number of rotatable bonds is 11. The summed E-state index contributed by atoms with van der Waals surface area (Å²) in [6.45, 7) is 5.49. The molecule has 0 saturated heterocycles. The van der Waals surface area contributed by atoms with Crippen molar-refractivity contribution in [3.63, 3.8) is 0 Å². The molecule has 162 valence electrons. The molecule has 4 rings (SSSR count). The summed E-state index contributed by atoms with van der Waals surface area (Å²) < 4.78 is 19.4. The topological polar surface area (TPSA) is 84.4 Å². The molecule has 31 heavy (non-hydrogen) atoms. The van der Waals surface area contributed by atoms with Gasteiger partial charge in [0.05, 0.1) is 24.2 Å². The van der Waals surface area contributed by atoms with Crippen LogP contribution in [0, 0.1) is 0 Å². The van der Waals surface area contributed by atoms with Gasteiger partial charge in [-0.1, -0.05) is 36.4 Å². The van der Waals surface area contributed by atoms with Crippen molar-refractivity contribution < 1.29 is 14.2 Å². The highest BCUT2D eigenvalue weighted by molar-refractivity contribution is 6.06. The first-order valence-electron chi connectivity index (χ1n) is 10.6. The highest BCUT2D eigenvalue weighted by Gasteiger charge is 2.17. The molecule has 4 aromatic rings. The maximum Gasteiger partial charge on any atom is 0.152 e. The van der Waals surface area contributed by atoms with Gasteiger partial charge in [-0.3, -0.25) is 0 Å². The molecule has 0 saturated carbocycles. The molecule has 0 radical (unpaired) electrons. The number of fused-ring (bicyclic) bond motifs is 3. The Bertz CT molecular complexity index is 1130. The summed E-state index contributed by atoms with van der Waals surface area (Å²) in [5.74, 6) is 2.15. The van der Waals surface area contributed by atoms with Crippen molar-refractivity contribution in [1.29, 1.82) is 0 Å². The Morgan fingerprint density at radius 1 is 0.903 bits per heavy atom. The third-order valence-corrected chi connectivity index (χ3v) is 5.03. The number of benzene rings is 2. The highest BCUT2D eigenvalue weighted by atomic mass is 16.5. The summed E-state index contributed by atoms with van der Waals surface area (Å²) >= 11 is 0. The van der Waals surface area contributed by atoms with Gasteiger partial charge < -0.3 is 24.5 Å². The van der Waals surface area contributed by atoms with Crippen LogP contribution in [-0.4, -0.2) is 41.0 Å². The van der Waals surface area contributed by atoms with Gasteiger partial charge in [-0.2, -0.15) is 0 Å². The lowest BCUT2D eigenvalue weighted by Crippen LogP contribution is -2.12. The summed E-state index contributed by atoms with van der Waals surface area (Å²) in [7, 11) is 0. The van der Waals surface area contributed by atoms with Gasteiger partial charge in [0.25, 0.3) is 0 Å². The van der Waals surface area contributed by atoms with Crippen molar-refractivity contribution >= 4 is 27.8 Å². The van der Waals surface area contributed by atoms with E-state index in [1.165, 1.54) is 0 Å². The second kappa shape index (κ2) is 10.2. The molecule has 0 spiro atoms. The molecule has 2 aromatic carbocycles. The van der Waals surface area contributed by atoms with Crippen LogP contribution < -0.4 is 10.5 Å². The van der Waals surface area contributed by atoms with Crippen LogP contribution in [0.25, 0.3) is 21.9 Å². The number of ether oxygens (including phenoxy) is 3. The van der Waals surface area contributed by atoms with Gasteiger partial charge in [0.2, 0.25) is 0 Å². The van der Waals surface area contributed by atoms with Crippen LogP contribution in [0.2, 0.25) is 0 Å². The minimum Gasteiger partial charge on any atom is -0.494 e. The fourth-order valence-corrected chi connectivity index (χ4v) is 3.57. The third-order valence-electron chi connectivity index (χ3n) is 5.03. The summed E-state index contributed by atoms with van der Waals surface area (Å²) in [6, 6.07) is 17.8. The number of pyridine rings is 1. The molecule has 0 aliphatic rings. The summed E-state index contributed by atoms with van der Waals surface area (Å²) in [5, 5.41) is 1.03. The Balaban J connectivity index is 1.43. The Morgan fingerprint density at radius 3 is 2.55 bits per heavy atom. The van der Waals surface area contributed by atoms with E-state index in [-0.39, 0.29) is 0 Å². The van der Waals surface area contributed by atoms with Gasteiger partial charge in [0.15, 0.2) is 5.82 Å². The number of imidazole rings is 1. The fourth-order valence-electron chi connectivity index (χ4n) is 3.57. The number of hydrogen-bond acceptors (Lipinski definition) is 6. The standard InChI is InChI=1S/C24H28N4O3/c1-2-29-17-21-27-22-23(19-11-6-7-12-20(19)26-24(22)25)28(21)13-16-30-14-8-15-31-18-9-4-3-5-10-18/h3-7,9-12H,2,8,13-17H2,1H3,(H2,25,26). The Morgan fingerprint density at radius 2 is 1.71 bits per heavy atom. The van der Waals surface area contributed by atoms with Crippen LogP contribution in [0.15, 0.2) is 54.6 Å². The average molecular weight is 421 g/mol. The molecule has 7 nitrogen and oxygen atoms in total. The van der Waals surface area contributed by atoms with E-state index < -0.39 is 0 Å². The van der Waals surface area contributed by atoms with Crippen LogP contribution >= 0.6 is 0 Å². The van der Waals surface area contributed by atoms with Crippen molar-refractivity contribution in [2.45, 2.75) is 26.5 Å². The van der Waals surface area contributed by atoms with Crippen LogP contribution in [0.5, 0.6) is 5.75 Å². The van der Waals surface area contributed by atoms with E-state index in [0.717, 1.165) is 34.4 Å². The van der Waals surface area contributed by atoms with Gasteiger partial charge in [-0.15, -0.1) is 0 Å². The quantitative estimate of drug-likeness (QED) is 0.366. The first kappa shape index (κ1) is 21.1. The van der Waals surface area contributed by atoms with Gasteiger partial charge >= 0.3 is 0 Å². The first-order valence-corrected chi connectivity index (χ1v) is 10.6. The third kappa shape index (κ3) is 4.95. The molecule has 0 unspecified atom stereocenters. The zero-order chi connectivity index (χ0) is 21.5. The van der Waals surface area contributed by atoms with Crippen molar-refractivity contribution in [1.82, 2.24) is 14.5 Å². The predicted octanol–water partition coefficient (Wildman–Crippen LogP) is 4.19. The summed E-state index contributed by atoms with van der Waals surface area (Å²) in [5.41, 5.74) is 8.77. The molecule has 2 heterocycles. The number of para-hydroxylation sites is 2. The van der Waals surface area contributed by atoms with E-state index in [1.807, 2.05) is 55.5 Å². The molecule has 0 aliphatic heterocycles. The molecule has 0 fully saturated rings. The van der Waals surface area contributed by atoms with Crippen molar-refractivity contribution in [3.8, 4) is 5.75 Å². The predicted molar refractivity (Wildman–Crippen MR) is 122 cm³/mol. The maximum absolute atomic E-state index is 6.22. The van der Waals surface area contributed by atoms with E-state index in [0.29, 0.717) is 50.9 Å². The lowest BCUT2D eigenvalue weighted by Gasteiger charge is -2.12. The van der Waals surface area contributed by atoms with Gasteiger partial charge in [0, 0.05) is 31.6 Å². The minimum atomic E-state index is 0.420. The lowest BCUT2D eigenvalue weighted by atomic mass is 10.2. The van der Waals surface area contributed by atoms with Crippen LogP contribution in [0.4, 0.5) is 5.82 Å². The van der Waals surface area contributed by atoms with Crippen LogP contribution in [-0.2, 0) is 22.6 Å². The normalized spacial score (nSPS) is 11.4. The Kier molecular flexibility index (Phi) is 6.96. The van der Waals surface area contributed by atoms with Crippen LogP contribution in [0.1, 0.15) is 19.2 Å². The molecule has 0 bridgehead atoms. The maximum atomic E-state index is 6.22. The number of aromatic nitrogens is 3. The minimum absolute atomic E-state index is 0.420. The van der Waals surface area contributed by atoms with E-state index >= 15 is 0 Å². The van der Waals surface area contributed by atoms with E-state index in [9.17, 15) is 0 Å². The fraction of sp³-hybridized carbons (Fsp3) is 0.333. The molecule has 2 N–H and O–H groups in total. The Hall–Kier alpha value is -3.16. The van der Waals surface area contributed by atoms with Gasteiger partial charge in [-0.25, -0.2) is 9.97 Å². The average Bonchev–Trinajstić information content (AvgIpc) is 3.17. The molecule has 2 aromatic heterocycles. The van der Waals surface area contributed by atoms with Crippen molar-refractivity contribution in [2.24, 2.45) is 0 Å². The number of nitrogen functional groups attached to an aromatic ring is 1.